The van der Waals surface area contributed by atoms with E-state index in [0.717, 1.165) is 0 Å². The second-order valence-electron chi connectivity index (χ2n) is 4.21. The van der Waals surface area contributed by atoms with Crippen LogP contribution in [0.2, 0.25) is 0 Å². The van der Waals surface area contributed by atoms with Gasteiger partial charge in [0, 0.05) is 0 Å². The Hall–Kier alpha value is -0.393. The number of halogens is 3. The van der Waals surface area contributed by atoms with E-state index in [0.29, 0.717) is 0 Å². The van der Waals surface area contributed by atoms with Crippen LogP contribution in [0.4, 0.5) is 13.2 Å². The Morgan fingerprint density at radius 2 is 1.67 bits per heavy atom. The van der Waals surface area contributed by atoms with E-state index in [4.69, 9.17) is 0 Å². The fraction of sp³-hybridized carbons (Fsp3) is 0.455. The first-order valence-electron chi connectivity index (χ1n) is 4.31. The molecule has 0 aliphatic heterocycles. The van der Waals surface area contributed by atoms with Gasteiger partial charge in [0.15, 0.2) is 0 Å². The largest absolute Gasteiger partial charge is 1.00 e. The molecule has 0 aliphatic rings. The van der Waals surface area contributed by atoms with E-state index in [1.165, 1.54) is 12.1 Å². The minimum absolute atomic E-state index is 0. The van der Waals surface area contributed by atoms with Crippen LogP contribution < -0.4 is 18.9 Å². The Kier molecular flexibility index (Phi) is 4.51. The van der Waals surface area contributed by atoms with Crippen LogP contribution in [-0.2, 0) is 11.6 Å². The average Bonchev–Trinajstić information content (AvgIpc) is 2.01. The SMILES string of the molecule is CC(C)(C)c1ccc[c-]c1C(F)(F)F.[Li+]. The second-order valence-corrected chi connectivity index (χ2v) is 4.21. The minimum atomic E-state index is -4.32. The third-order valence-corrected chi connectivity index (χ3v) is 1.95. The molecular weight excluding hydrogens is 196 g/mol. The van der Waals surface area contributed by atoms with E-state index in [1.807, 2.05) is 0 Å². The predicted molar refractivity (Wildman–Crippen MR) is 49.0 cm³/mol. The minimum Gasteiger partial charge on any atom is -0.176 e. The smallest absolute Gasteiger partial charge is 0.176 e. The Bertz CT molecular complexity index is 290. The molecule has 0 spiro atoms. The summed E-state index contributed by atoms with van der Waals surface area (Å²) in [6.07, 6.45) is -4.32. The summed E-state index contributed by atoms with van der Waals surface area (Å²) in [4.78, 5) is 0. The summed E-state index contributed by atoms with van der Waals surface area (Å²) in [5, 5.41) is 0. The number of benzene rings is 1. The molecule has 0 N–H and O–H groups in total. The third kappa shape index (κ3) is 3.59. The van der Waals surface area contributed by atoms with Crippen molar-refractivity contribution in [1.29, 1.82) is 0 Å². The molecule has 0 saturated heterocycles. The summed E-state index contributed by atoms with van der Waals surface area (Å²) in [6, 6.07) is 6.63. The van der Waals surface area contributed by atoms with Crippen molar-refractivity contribution in [1.82, 2.24) is 0 Å². The Labute approximate surface area is 100 Å². The molecule has 1 aromatic carbocycles. The summed E-state index contributed by atoms with van der Waals surface area (Å²) in [5.41, 5.74) is -0.886. The number of hydrogen-bond acceptors (Lipinski definition) is 0. The predicted octanol–water partition coefficient (Wildman–Crippen LogP) is 0.807. The van der Waals surface area contributed by atoms with E-state index in [1.54, 1.807) is 26.8 Å². The molecule has 0 saturated carbocycles. The quantitative estimate of drug-likeness (QED) is 0.437. The van der Waals surface area contributed by atoms with E-state index in [-0.39, 0.29) is 24.4 Å². The first kappa shape index (κ1) is 14.6. The molecule has 15 heavy (non-hydrogen) atoms. The molecule has 0 aliphatic carbocycles. The standard InChI is InChI=1S/C11H12F3.Li/c1-10(2,3)8-6-4-5-7-9(8)11(12,13)14;/h4-6H,1-3H3;/q-1;+1. The van der Waals surface area contributed by atoms with Gasteiger partial charge in [-0.05, 0) is 0 Å². The van der Waals surface area contributed by atoms with Crippen molar-refractivity contribution in [2.45, 2.75) is 32.4 Å². The summed E-state index contributed by atoms with van der Waals surface area (Å²) < 4.78 is 37.6. The fourth-order valence-corrected chi connectivity index (χ4v) is 1.30. The zero-order valence-corrected chi connectivity index (χ0v) is 9.37. The summed E-state index contributed by atoms with van der Waals surface area (Å²) in [7, 11) is 0. The maximum atomic E-state index is 12.5. The zero-order chi connectivity index (χ0) is 11.0. The van der Waals surface area contributed by atoms with Crippen molar-refractivity contribution in [3.05, 3.63) is 35.4 Å². The molecule has 1 rings (SSSR count). The summed E-state index contributed by atoms with van der Waals surface area (Å²) in [6.45, 7) is 5.27. The molecular formula is C11H12F3Li. The Balaban J connectivity index is 0.00000196. The Morgan fingerprint density at radius 3 is 2.00 bits per heavy atom. The molecule has 0 heterocycles. The van der Waals surface area contributed by atoms with E-state index in [9.17, 15) is 13.2 Å². The van der Waals surface area contributed by atoms with Crippen LogP contribution in [0.5, 0.6) is 0 Å². The van der Waals surface area contributed by atoms with Gasteiger partial charge in [-0.1, -0.05) is 31.7 Å². The van der Waals surface area contributed by atoms with Gasteiger partial charge in [-0.15, -0.1) is 5.56 Å². The van der Waals surface area contributed by atoms with Gasteiger partial charge in [0.2, 0.25) is 0 Å². The van der Waals surface area contributed by atoms with Crippen LogP contribution in [0.3, 0.4) is 0 Å². The summed E-state index contributed by atoms with van der Waals surface area (Å²) >= 11 is 0. The van der Waals surface area contributed by atoms with Gasteiger partial charge in [0.25, 0.3) is 0 Å². The van der Waals surface area contributed by atoms with Crippen molar-refractivity contribution in [2.75, 3.05) is 0 Å². The van der Waals surface area contributed by atoms with Crippen LogP contribution in [0.15, 0.2) is 18.2 Å². The van der Waals surface area contributed by atoms with Crippen LogP contribution in [0, 0.1) is 6.07 Å². The molecule has 78 valence electrons. The van der Waals surface area contributed by atoms with Crippen molar-refractivity contribution >= 4 is 0 Å². The van der Waals surface area contributed by atoms with Crippen molar-refractivity contribution < 1.29 is 32.0 Å². The molecule has 0 amide bonds. The van der Waals surface area contributed by atoms with Gasteiger partial charge in [0.05, 0.1) is 0 Å². The van der Waals surface area contributed by atoms with Crippen LogP contribution in [-0.4, -0.2) is 0 Å². The average molecular weight is 208 g/mol. The van der Waals surface area contributed by atoms with Crippen LogP contribution in [0.1, 0.15) is 31.9 Å². The molecule has 0 atom stereocenters. The van der Waals surface area contributed by atoms with Gasteiger partial charge in [0.1, 0.15) is 0 Å². The normalized spacial score (nSPS) is 12.1. The van der Waals surface area contributed by atoms with Gasteiger partial charge < -0.3 is 0 Å². The fourth-order valence-electron chi connectivity index (χ4n) is 1.30. The van der Waals surface area contributed by atoms with Crippen LogP contribution in [0.25, 0.3) is 0 Å². The summed E-state index contributed by atoms with van der Waals surface area (Å²) in [5.74, 6) is 0. The molecule has 0 radical (unpaired) electrons. The maximum Gasteiger partial charge on any atom is 1.00 e. The number of alkyl halides is 3. The van der Waals surface area contributed by atoms with Crippen LogP contribution >= 0.6 is 0 Å². The topological polar surface area (TPSA) is 0 Å². The number of hydrogen-bond donors (Lipinski definition) is 0. The molecule has 0 unspecified atom stereocenters. The van der Waals surface area contributed by atoms with Gasteiger partial charge in [-0.2, -0.15) is 37.4 Å². The second kappa shape index (κ2) is 4.63. The Morgan fingerprint density at radius 1 is 1.13 bits per heavy atom. The van der Waals surface area contributed by atoms with E-state index in [2.05, 4.69) is 6.07 Å². The maximum absolute atomic E-state index is 12.5. The van der Waals surface area contributed by atoms with Gasteiger partial charge in [-0.25, -0.2) is 0 Å². The third-order valence-electron chi connectivity index (χ3n) is 1.95. The van der Waals surface area contributed by atoms with Gasteiger partial charge in [-0.3, -0.25) is 0 Å². The molecule has 0 fully saturated rings. The number of rotatable bonds is 0. The molecule has 1 aromatic rings. The van der Waals surface area contributed by atoms with E-state index < -0.39 is 17.2 Å². The first-order valence-corrected chi connectivity index (χ1v) is 4.31. The van der Waals surface area contributed by atoms with Crippen molar-refractivity contribution in [2.24, 2.45) is 0 Å². The molecule has 4 heteroatoms. The van der Waals surface area contributed by atoms with Gasteiger partial charge >= 0.3 is 25.0 Å². The molecule has 0 bridgehead atoms. The molecule has 0 aromatic heterocycles. The monoisotopic (exact) mass is 208 g/mol. The van der Waals surface area contributed by atoms with Crippen molar-refractivity contribution in [3.63, 3.8) is 0 Å². The van der Waals surface area contributed by atoms with E-state index >= 15 is 0 Å². The van der Waals surface area contributed by atoms with Crippen molar-refractivity contribution in [3.8, 4) is 0 Å². The first-order chi connectivity index (χ1) is 6.23. The molecule has 0 nitrogen and oxygen atoms in total. The zero-order valence-electron chi connectivity index (χ0n) is 9.37.